The molecule has 0 spiro atoms. The average Bonchev–Trinajstić information content (AvgIpc) is 2.25. The number of amides is 2. The van der Waals surface area contributed by atoms with E-state index in [1.165, 1.54) is 0 Å². The van der Waals surface area contributed by atoms with Crippen LogP contribution in [0, 0.1) is 6.92 Å². The molecule has 2 heterocycles. The number of nitrogens with zero attached hydrogens (tertiary/aromatic N) is 1. The maximum absolute atomic E-state index is 11.4. The van der Waals surface area contributed by atoms with Crippen molar-refractivity contribution in [3.8, 4) is 5.75 Å². The fraction of sp³-hybridized carbons (Fsp3) is 0.364. The lowest BCUT2D eigenvalue weighted by Gasteiger charge is -2.21. The van der Waals surface area contributed by atoms with Crippen molar-refractivity contribution >= 4 is 11.8 Å². The summed E-state index contributed by atoms with van der Waals surface area (Å²) in [5.41, 5.74) is 0.885. The molecule has 1 atom stereocenters. The summed E-state index contributed by atoms with van der Waals surface area (Å²) < 4.78 is 5.44. The van der Waals surface area contributed by atoms with Gasteiger partial charge in [-0.3, -0.25) is 19.9 Å². The maximum Gasteiger partial charge on any atom is 0.267 e. The molecule has 1 saturated heterocycles. The number of rotatable bonds is 2. The zero-order valence-electron chi connectivity index (χ0n) is 8.90. The van der Waals surface area contributed by atoms with Crippen molar-refractivity contribution in [2.45, 2.75) is 25.9 Å². The first-order valence-electron chi connectivity index (χ1n) is 5.08. The van der Waals surface area contributed by atoms with Gasteiger partial charge in [0, 0.05) is 18.5 Å². The Morgan fingerprint density at radius 3 is 2.88 bits per heavy atom. The average molecular weight is 220 g/mol. The summed E-state index contributed by atoms with van der Waals surface area (Å²) in [7, 11) is 0. The lowest BCUT2D eigenvalue weighted by atomic mass is 10.1. The van der Waals surface area contributed by atoms with Crippen LogP contribution in [0.4, 0.5) is 0 Å². The quantitative estimate of drug-likeness (QED) is 0.740. The molecule has 1 aliphatic heterocycles. The van der Waals surface area contributed by atoms with E-state index >= 15 is 0 Å². The van der Waals surface area contributed by atoms with Gasteiger partial charge in [-0.25, -0.2) is 0 Å². The Labute approximate surface area is 92.8 Å². The van der Waals surface area contributed by atoms with E-state index in [0.717, 1.165) is 5.69 Å². The monoisotopic (exact) mass is 220 g/mol. The van der Waals surface area contributed by atoms with E-state index in [4.69, 9.17) is 4.74 Å². The number of aromatic nitrogens is 1. The van der Waals surface area contributed by atoms with Crippen molar-refractivity contribution in [1.29, 1.82) is 0 Å². The number of hydrogen-bond donors (Lipinski definition) is 1. The maximum atomic E-state index is 11.4. The summed E-state index contributed by atoms with van der Waals surface area (Å²) in [6.45, 7) is 1.87. The minimum absolute atomic E-state index is 0.244. The number of carbonyl (C=O) groups excluding carboxylic acids is 2. The molecule has 84 valence electrons. The minimum atomic E-state index is -0.595. The Hall–Kier alpha value is -1.91. The molecule has 0 aliphatic carbocycles. The number of ether oxygens (including phenoxy) is 1. The molecule has 0 bridgehead atoms. The van der Waals surface area contributed by atoms with E-state index in [-0.39, 0.29) is 11.8 Å². The van der Waals surface area contributed by atoms with Crippen molar-refractivity contribution in [3.05, 3.63) is 24.0 Å². The fourth-order valence-electron chi connectivity index (χ4n) is 1.47. The van der Waals surface area contributed by atoms with Crippen LogP contribution in [-0.2, 0) is 9.59 Å². The second-order valence-corrected chi connectivity index (χ2v) is 3.69. The SMILES string of the molecule is Cc1ccc(OC2CCC(=O)NC2=O)cn1. The van der Waals surface area contributed by atoms with E-state index in [1.54, 1.807) is 18.3 Å². The van der Waals surface area contributed by atoms with E-state index in [9.17, 15) is 9.59 Å². The first-order chi connectivity index (χ1) is 7.65. The number of piperidine rings is 1. The summed E-state index contributed by atoms with van der Waals surface area (Å²) in [5, 5.41) is 2.24. The van der Waals surface area contributed by atoms with Gasteiger partial charge in [-0.1, -0.05) is 0 Å². The Bertz CT molecular complexity index is 414. The van der Waals surface area contributed by atoms with E-state index < -0.39 is 6.10 Å². The highest BCUT2D eigenvalue weighted by Crippen LogP contribution is 2.15. The van der Waals surface area contributed by atoms with Crippen LogP contribution in [0.5, 0.6) is 5.75 Å². The molecule has 2 rings (SSSR count). The molecular weight excluding hydrogens is 208 g/mol. The van der Waals surface area contributed by atoms with Crippen molar-refractivity contribution < 1.29 is 14.3 Å². The van der Waals surface area contributed by atoms with Gasteiger partial charge in [0.1, 0.15) is 5.75 Å². The number of hydrogen-bond acceptors (Lipinski definition) is 4. The van der Waals surface area contributed by atoms with Crippen LogP contribution in [0.25, 0.3) is 0 Å². The Morgan fingerprint density at radius 2 is 2.25 bits per heavy atom. The van der Waals surface area contributed by atoms with Crippen LogP contribution in [0.15, 0.2) is 18.3 Å². The Balaban J connectivity index is 2.02. The van der Waals surface area contributed by atoms with Gasteiger partial charge in [0.15, 0.2) is 6.10 Å². The third-order valence-electron chi connectivity index (χ3n) is 2.35. The predicted molar refractivity (Wildman–Crippen MR) is 55.8 cm³/mol. The molecule has 0 radical (unpaired) electrons. The fourth-order valence-corrected chi connectivity index (χ4v) is 1.47. The first-order valence-corrected chi connectivity index (χ1v) is 5.08. The Morgan fingerprint density at radius 1 is 1.44 bits per heavy atom. The zero-order chi connectivity index (χ0) is 11.5. The normalized spacial score (nSPS) is 20.4. The van der Waals surface area contributed by atoms with E-state index in [0.29, 0.717) is 18.6 Å². The molecule has 5 heteroatoms. The van der Waals surface area contributed by atoms with Gasteiger partial charge in [0.2, 0.25) is 5.91 Å². The van der Waals surface area contributed by atoms with Crippen molar-refractivity contribution in [3.63, 3.8) is 0 Å². The third-order valence-corrected chi connectivity index (χ3v) is 2.35. The van der Waals surface area contributed by atoms with Gasteiger partial charge in [0.25, 0.3) is 5.91 Å². The zero-order valence-corrected chi connectivity index (χ0v) is 8.90. The number of nitrogens with one attached hydrogen (secondary N) is 1. The molecule has 2 amide bonds. The third kappa shape index (κ3) is 2.36. The van der Waals surface area contributed by atoms with Crippen molar-refractivity contribution in [2.75, 3.05) is 0 Å². The molecule has 0 aromatic carbocycles. The lowest BCUT2D eigenvalue weighted by Crippen LogP contribution is -2.46. The highest BCUT2D eigenvalue weighted by atomic mass is 16.5. The van der Waals surface area contributed by atoms with Crippen LogP contribution < -0.4 is 10.1 Å². The molecule has 1 aromatic rings. The van der Waals surface area contributed by atoms with Crippen molar-refractivity contribution in [1.82, 2.24) is 10.3 Å². The second kappa shape index (κ2) is 4.30. The standard InChI is InChI=1S/C11H12N2O3/c1-7-2-3-8(6-12-7)16-9-4-5-10(14)13-11(9)15/h2-3,6,9H,4-5H2,1H3,(H,13,14,15). The Kier molecular flexibility index (Phi) is 2.85. The van der Waals surface area contributed by atoms with E-state index in [2.05, 4.69) is 10.3 Å². The van der Waals surface area contributed by atoms with Crippen LogP contribution in [-0.4, -0.2) is 22.9 Å². The number of imide groups is 1. The highest BCUT2D eigenvalue weighted by Gasteiger charge is 2.28. The molecule has 5 nitrogen and oxygen atoms in total. The molecular formula is C11H12N2O3. The van der Waals surface area contributed by atoms with Crippen LogP contribution in [0.1, 0.15) is 18.5 Å². The second-order valence-electron chi connectivity index (χ2n) is 3.69. The minimum Gasteiger partial charge on any atom is -0.479 e. The molecule has 0 saturated carbocycles. The number of pyridine rings is 1. The highest BCUT2D eigenvalue weighted by molar-refractivity contribution is 5.99. The van der Waals surface area contributed by atoms with Gasteiger partial charge >= 0.3 is 0 Å². The smallest absolute Gasteiger partial charge is 0.267 e. The molecule has 1 aromatic heterocycles. The summed E-state index contributed by atoms with van der Waals surface area (Å²) in [6.07, 6.45) is 1.70. The van der Waals surface area contributed by atoms with E-state index in [1.807, 2.05) is 6.92 Å². The molecule has 1 fully saturated rings. The van der Waals surface area contributed by atoms with Crippen molar-refractivity contribution in [2.24, 2.45) is 0 Å². The van der Waals surface area contributed by atoms with Gasteiger partial charge in [0.05, 0.1) is 6.20 Å². The van der Waals surface area contributed by atoms with Crippen LogP contribution in [0.2, 0.25) is 0 Å². The summed E-state index contributed by atoms with van der Waals surface area (Å²) in [4.78, 5) is 26.4. The topological polar surface area (TPSA) is 68.3 Å². The summed E-state index contributed by atoms with van der Waals surface area (Å²) in [6, 6.07) is 3.56. The van der Waals surface area contributed by atoms with Gasteiger partial charge in [-0.05, 0) is 19.1 Å². The molecule has 1 aliphatic rings. The predicted octanol–water partition coefficient (Wildman–Crippen LogP) is 0.574. The molecule has 1 N–H and O–H groups in total. The van der Waals surface area contributed by atoms with Gasteiger partial charge in [-0.15, -0.1) is 0 Å². The van der Waals surface area contributed by atoms with Gasteiger partial charge < -0.3 is 4.74 Å². The lowest BCUT2D eigenvalue weighted by molar-refractivity contribution is -0.138. The van der Waals surface area contributed by atoms with Crippen LogP contribution >= 0.6 is 0 Å². The largest absolute Gasteiger partial charge is 0.479 e. The van der Waals surface area contributed by atoms with Gasteiger partial charge in [-0.2, -0.15) is 0 Å². The number of aryl methyl sites for hydroxylation is 1. The number of carbonyl (C=O) groups is 2. The summed E-state index contributed by atoms with van der Waals surface area (Å²) in [5.74, 6) is -0.0798. The molecule has 1 unspecified atom stereocenters. The molecule has 16 heavy (non-hydrogen) atoms. The van der Waals surface area contributed by atoms with Crippen LogP contribution in [0.3, 0.4) is 0 Å². The first kappa shape index (κ1) is 10.6. The summed E-state index contributed by atoms with van der Waals surface area (Å²) >= 11 is 0.